The number of carbonyl (C=O) groups excluding carboxylic acids is 1. The van der Waals surface area contributed by atoms with Crippen molar-refractivity contribution < 1.29 is 4.79 Å². The summed E-state index contributed by atoms with van der Waals surface area (Å²) in [7, 11) is 0. The van der Waals surface area contributed by atoms with Crippen LogP contribution in [0.5, 0.6) is 0 Å². The summed E-state index contributed by atoms with van der Waals surface area (Å²) in [6.45, 7) is 4.19. The van der Waals surface area contributed by atoms with Gasteiger partial charge in [0.2, 0.25) is 0 Å². The van der Waals surface area contributed by atoms with E-state index in [4.69, 9.17) is 0 Å². The minimum atomic E-state index is 0.289. The number of ketones is 1. The first-order valence-electron chi connectivity index (χ1n) is 4.35. The van der Waals surface area contributed by atoms with Crippen LogP contribution >= 0.6 is 0 Å². The lowest BCUT2D eigenvalue weighted by Gasteiger charge is -2.38. The number of rotatable bonds is 1. The molecule has 0 aromatic carbocycles. The number of carbonyl (C=O) groups is 1. The quantitative estimate of drug-likeness (QED) is 0.559. The Labute approximate surface area is 66.8 Å². The fourth-order valence-electron chi connectivity index (χ4n) is 1.77. The van der Waals surface area contributed by atoms with Crippen LogP contribution in [0.2, 0.25) is 0 Å². The summed E-state index contributed by atoms with van der Waals surface area (Å²) in [6.07, 6.45) is 1.91. The molecule has 1 aliphatic carbocycles. The summed E-state index contributed by atoms with van der Waals surface area (Å²) >= 11 is 0. The Hall–Kier alpha value is -0.410. The lowest BCUT2D eigenvalue weighted by Crippen LogP contribution is -2.54. The maximum atomic E-state index is 11.1. The molecule has 2 aliphatic rings. The summed E-state index contributed by atoms with van der Waals surface area (Å²) in [6, 6.07) is 0.289. The van der Waals surface area contributed by atoms with Gasteiger partial charge >= 0.3 is 0 Å². The number of piperazine rings is 1. The Bertz CT molecular complexity index is 163. The fraction of sp³-hybridized carbons (Fsp3) is 0.875. The van der Waals surface area contributed by atoms with Crippen molar-refractivity contribution in [1.82, 2.24) is 10.2 Å². The molecule has 1 aliphatic heterocycles. The highest BCUT2D eigenvalue weighted by atomic mass is 16.1. The zero-order valence-electron chi connectivity index (χ0n) is 6.68. The Morgan fingerprint density at radius 1 is 1.36 bits per heavy atom. The maximum Gasteiger partial charge on any atom is 0.150 e. The summed E-state index contributed by atoms with van der Waals surface area (Å²) in [5.41, 5.74) is 0. The molecule has 0 spiro atoms. The van der Waals surface area contributed by atoms with E-state index in [1.54, 1.807) is 0 Å². The van der Waals surface area contributed by atoms with Gasteiger partial charge in [-0.2, -0.15) is 0 Å². The Morgan fingerprint density at radius 2 is 2.09 bits per heavy atom. The van der Waals surface area contributed by atoms with Crippen LogP contribution in [-0.4, -0.2) is 42.9 Å². The van der Waals surface area contributed by atoms with E-state index in [0.717, 1.165) is 39.0 Å². The van der Waals surface area contributed by atoms with Crippen LogP contribution in [0.1, 0.15) is 12.8 Å². The van der Waals surface area contributed by atoms with Gasteiger partial charge in [0.1, 0.15) is 5.78 Å². The minimum absolute atomic E-state index is 0.289. The Kier molecular flexibility index (Phi) is 1.92. The van der Waals surface area contributed by atoms with Gasteiger partial charge in [-0.15, -0.1) is 0 Å². The summed E-state index contributed by atoms with van der Waals surface area (Å²) in [4.78, 5) is 13.4. The first kappa shape index (κ1) is 7.25. The highest BCUT2D eigenvalue weighted by molar-refractivity contribution is 5.89. The van der Waals surface area contributed by atoms with E-state index in [0.29, 0.717) is 5.78 Å². The van der Waals surface area contributed by atoms with Crippen molar-refractivity contribution in [2.45, 2.75) is 18.9 Å². The zero-order chi connectivity index (χ0) is 7.68. The van der Waals surface area contributed by atoms with Gasteiger partial charge in [0.25, 0.3) is 0 Å². The first-order chi connectivity index (χ1) is 5.38. The molecular weight excluding hydrogens is 140 g/mol. The van der Waals surface area contributed by atoms with Crippen LogP contribution in [0.25, 0.3) is 0 Å². The standard InChI is InChI=1S/C8H14N2O/c11-8-2-1-7(8)10-5-3-9-4-6-10/h7,9H,1-6H2. The molecule has 62 valence electrons. The van der Waals surface area contributed by atoms with Crippen LogP contribution in [0, 0.1) is 0 Å². The van der Waals surface area contributed by atoms with E-state index in [1.807, 2.05) is 0 Å². The third-order valence-electron chi connectivity index (χ3n) is 2.63. The number of nitrogens with zero attached hydrogens (tertiary/aromatic N) is 1. The molecule has 11 heavy (non-hydrogen) atoms. The number of hydrogen-bond donors (Lipinski definition) is 1. The van der Waals surface area contributed by atoms with Crippen molar-refractivity contribution in [1.29, 1.82) is 0 Å². The molecule has 0 aromatic rings. The topological polar surface area (TPSA) is 32.3 Å². The van der Waals surface area contributed by atoms with Crippen molar-refractivity contribution in [3.63, 3.8) is 0 Å². The minimum Gasteiger partial charge on any atom is -0.314 e. The predicted molar refractivity (Wildman–Crippen MR) is 42.5 cm³/mol. The van der Waals surface area contributed by atoms with Crippen LogP contribution in [0.4, 0.5) is 0 Å². The SMILES string of the molecule is O=C1CCC1N1CCNCC1. The van der Waals surface area contributed by atoms with Crippen molar-refractivity contribution in [2.24, 2.45) is 0 Å². The van der Waals surface area contributed by atoms with E-state index in [2.05, 4.69) is 10.2 Å². The molecule has 0 aromatic heterocycles. The molecule has 1 unspecified atom stereocenters. The molecular formula is C8H14N2O. The van der Waals surface area contributed by atoms with Gasteiger partial charge in [0, 0.05) is 32.6 Å². The third-order valence-corrected chi connectivity index (χ3v) is 2.63. The van der Waals surface area contributed by atoms with Crippen LogP contribution in [0.3, 0.4) is 0 Å². The second kappa shape index (κ2) is 2.91. The molecule has 1 N–H and O–H groups in total. The average Bonchev–Trinajstić information content (AvgIpc) is 2.04. The third kappa shape index (κ3) is 1.30. The smallest absolute Gasteiger partial charge is 0.150 e. The van der Waals surface area contributed by atoms with Crippen molar-refractivity contribution in [2.75, 3.05) is 26.2 Å². The van der Waals surface area contributed by atoms with Gasteiger partial charge in [-0.05, 0) is 6.42 Å². The number of hydrogen-bond acceptors (Lipinski definition) is 3. The molecule has 3 nitrogen and oxygen atoms in total. The number of nitrogens with one attached hydrogen (secondary N) is 1. The monoisotopic (exact) mass is 154 g/mol. The van der Waals surface area contributed by atoms with Crippen LogP contribution in [0.15, 0.2) is 0 Å². The molecule has 0 bridgehead atoms. The fourth-order valence-corrected chi connectivity index (χ4v) is 1.77. The molecule has 0 amide bonds. The second-order valence-corrected chi connectivity index (χ2v) is 3.31. The number of Topliss-reactive ketones (excluding diaryl/α,β-unsaturated/α-hetero) is 1. The summed E-state index contributed by atoms with van der Waals surface area (Å²) in [5, 5.41) is 3.28. The molecule has 1 saturated heterocycles. The van der Waals surface area contributed by atoms with Gasteiger partial charge in [-0.25, -0.2) is 0 Å². The first-order valence-corrected chi connectivity index (χ1v) is 4.35. The molecule has 1 saturated carbocycles. The van der Waals surface area contributed by atoms with E-state index in [-0.39, 0.29) is 6.04 Å². The van der Waals surface area contributed by atoms with Gasteiger partial charge in [-0.3, -0.25) is 9.69 Å². The maximum absolute atomic E-state index is 11.1. The van der Waals surface area contributed by atoms with E-state index < -0.39 is 0 Å². The van der Waals surface area contributed by atoms with Crippen molar-refractivity contribution in [3.05, 3.63) is 0 Å². The summed E-state index contributed by atoms with van der Waals surface area (Å²) < 4.78 is 0. The lowest BCUT2D eigenvalue weighted by molar-refractivity contribution is -0.131. The van der Waals surface area contributed by atoms with Gasteiger partial charge in [-0.1, -0.05) is 0 Å². The summed E-state index contributed by atoms with van der Waals surface area (Å²) in [5.74, 6) is 0.451. The van der Waals surface area contributed by atoms with Crippen LogP contribution < -0.4 is 5.32 Å². The molecule has 1 heterocycles. The molecule has 3 heteroatoms. The predicted octanol–water partition coefficient (Wildman–Crippen LogP) is -0.377. The highest BCUT2D eigenvalue weighted by Gasteiger charge is 2.33. The van der Waals surface area contributed by atoms with Gasteiger partial charge < -0.3 is 5.32 Å². The van der Waals surface area contributed by atoms with Crippen molar-refractivity contribution in [3.8, 4) is 0 Å². The Morgan fingerprint density at radius 3 is 2.55 bits per heavy atom. The average molecular weight is 154 g/mol. The molecule has 1 atom stereocenters. The second-order valence-electron chi connectivity index (χ2n) is 3.31. The van der Waals surface area contributed by atoms with Crippen molar-refractivity contribution >= 4 is 5.78 Å². The van der Waals surface area contributed by atoms with E-state index in [1.165, 1.54) is 0 Å². The van der Waals surface area contributed by atoms with Gasteiger partial charge in [0.05, 0.1) is 6.04 Å². The zero-order valence-corrected chi connectivity index (χ0v) is 6.68. The Balaban J connectivity index is 1.88. The lowest BCUT2D eigenvalue weighted by atomic mass is 9.89. The molecule has 2 fully saturated rings. The van der Waals surface area contributed by atoms with Crippen LogP contribution in [-0.2, 0) is 4.79 Å². The van der Waals surface area contributed by atoms with Gasteiger partial charge in [0.15, 0.2) is 0 Å². The largest absolute Gasteiger partial charge is 0.314 e. The highest BCUT2D eigenvalue weighted by Crippen LogP contribution is 2.20. The van der Waals surface area contributed by atoms with E-state index in [9.17, 15) is 4.79 Å². The molecule has 2 rings (SSSR count). The normalized spacial score (nSPS) is 33.5. The molecule has 0 radical (unpaired) electrons. The van der Waals surface area contributed by atoms with E-state index >= 15 is 0 Å².